The number of halogens is 1. The minimum atomic E-state index is -3.76. The number of carbonyl (C=O) groups excluding carboxylic acids is 1. The summed E-state index contributed by atoms with van der Waals surface area (Å²) in [6.45, 7) is 1.84. The summed E-state index contributed by atoms with van der Waals surface area (Å²) in [6, 6.07) is 9.45. The molecule has 1 N–H and O–H groups in total. The first kappa shape index (κ1) is 18.6. The molecule has 0 saturated heterocycles. The molecule has 0 fully saturated rings. The van der Waals surface area contributed by atoms with Crippen LogP contribution in [0.2, 0.25) is 5.02 Å². The van der Waals surface area contributed by atoms with Gasteiger partial charge in [-0.05, 0) is 48.9 Å². The topological polar surface area (TPSA) is 85.4 Å². The molecule has 0 aliphatic rings. The summed E-state index contributed by atoms with van der Waals surface area (Å²) in [5, 5.41) is 3.47. The van der Waals surface area contributed by atoms with Crippen LogP contribution in [0.4, 0.5) is 5.13 Å². The van der Waals surface area contributed by atoms with Crippen molar-refractivity contribution in [1.82, 2.24) is 4.98 Å². The zero-order valence-corrected chi connectivity index (χ0v) is 16.3. The van der Waals surface area contributed by atoms with Crippen LogP contribution < -0.4 is 10.1 Å². The van der Waals surface area contributed by atoms with Crippen LogP contribution in [0.1, 0.15) is 5.56 Å². The zero-order chi connectivity index (χ0) is 18.9. The number of methoxy groups -OCH3 is 1. The van der Waals surface area contributed by atoms with E-state index in [1.807, 2.05) is 13.0 Å². The van der Waals surface area contributed by atoms with Gasteiger partial charge < -0.3 is 10.1 Å². The number of hydrogen-bond acceptors (Lipinski definition) is 6. The van der Waals surface area contributed by atoms with Gasteiger partial charge in [0.2, 0.25) is 5.91 Å². The van der Waals surface area contributed by atoms with Crippen molar-refractivity contribution in [2.24, 2.45) is 0 Å². The van der Waals surface area contributed by atoms with E-state index < -0.39 is 21.5 Å². The molecule has 1 amide bonds. The van der Waals surface area contributed by atoms with Gasteiger partial charge in [-0.25, -0.2) is 13.4 Å². The van der Waals surface area contributed by atoms with Crippen molar-refractivity contribution in [3.05, 3.63) is 47.0 Å². The second kappa shape index (κ2) is 7.22. The van der Waals surface area contributed by atoms with E-state index in [1.54, 1.807) is 6.07 Å². The molecule has 2 aromatic carbocycles. The summed E-state index contributed by atoms with van der Waals surface area (Å²) in [6.07, 6.45) is 0. The van der Waals surface area contributed by atoms with Crippen molar-refractivity contribution >= 4 is 54.0 Å². The highest BCUT2D eigenvalue weighted by Gasteiger charge is 2.20. The van der Waals surface area contributed by atoms with Crippen molar-refractivity contribution in [1.29, 1.82) is 0 Å². The molecular formula is C17H15ClN2O4S2. The molecule has 6 nitrogen and oxygen atoms in total. The Morgan fingerprint density at radius 3 is 2.58 bits per heavy atom. The lowest BCUT2D eigenvalue weighted by molar-refractivity contribution is -0.113. The SMILES string of the molecule is COc1ccc(S(=O)(=O)CC(=O)Nc2nc3c(C)c(Cl)ccc3s2)cc1. The lowest BCUT2D eigenvalue weighted by Crippen LogP contribution is -2.22. The van der Waals surface area contributed by atoms with E-state index >= 15 is 0 Å². The molecule has 0 bridgehead atoms. The number of rotatable bonds is 5. The molecule has 0 radical (unpaired) electrons. The summed E-state index contributed by atoms with van der Waals surface area (Å²) in [7, 11) is -2.27. The van der Waals surface area contributed by atoms with E-state index in [0.29, 0.717) is 21.4 Å². The maximum absolute atomic E-state index is 12.4. The average Bonchev–Trinajstić information content (AvgIpc) is 3.01. The lowest BCUT2D eigenvalue weighted by Gasteiger charge is -2.05. The van der Waals surface area contributed by atoms with E-state index in [0.717, 1.165) is 10.3 Å². The highest BCUT2D eigenvalue weighted by Crippen LogP contribution is 2.31. The van der Waals surface area contributed by atoms with Gasteiger partial charge in [-0.3, -0.25) is 4.79 Å². The molecule has 0 aliphatic heterocycles. The highest BCUT2D eigenvalue weighted by molar-refractivity contribution is 7.92. The molecule has 0 saturated carbocycles. The number of fused-ring (bicyclic) bond motifs is 1. The van der Waals surface area contributed by atoms with Crippen molar-refractivity contribution in [3.63, 3.8) is 0 Å². The number of ether oxygens (including phenoxy) is 1. The van der Waals surface area contributed by atoms with Gasteiger partial charge in [-0.1, -0.05) is 22.9 Å². The van der Waals surface area contributed by atoms with Crippen LogP contribution in [-0.2, 0) is 14.6 Å². The Labute approximate surface area is 159 Å². The van der Waals surface area contributed by atoms with Gasteiger partial charge in [0.05, 0.1) is 22.2 Å². The minimum absolute atomic E-state index is 0.0559. The minimum Gasteiger partial charge on any atom is -0.497 e. The first-order chi connectivity index (χ1) is 12.3. The Balaban J connectivity index is 1.76. The highest BCUT2D eigenvalue weighted by atomic mass is 35.5. The van der Waals surface area contributed by atoms with Crippen LogP contribution in [0.3, 0.4) is 0 Å². The average molecular weight is 411 g/mol. The largest absolute Gasteiger partial charge is 0.497 e. The molecular weight excluding hydrogens is 396 g/mol. The number of nitrogens with one attached hydrogen (secondary N) is 1. The normalized spacial score (nSPS) is 11.5. The van der Waals surface area contributed by atoms with Gasteiger partial charge in [0.15, 0.2) is 15.0 Å². The third-order valence-electron chi connectivity index (χ3n) is 3.73. The summed E-state index contributed by atoms with van der Waals surface area (Å²) in [5.41, 5.74) is 1.50. The number of nitrogens with zero attached hydrogens (tertiary/aromatic N) is 1. The third-order valence-corrected chi connectivity index (χ3v) is 6.71. The van der Waals surface area contributed by atoms with Crippen molar-refractivity contribution in [2.45, 2.75) is 11.8 Å². The van der Waals surface area contributed by atoms with E-state index in [1.165, 1.54) is 42.7 Å². The maximum atomic E-state index is 12.4. The summed E-state index contributed by atoms with van der Waals surface area (Å²) < 4.78 is 30.6. The Morgan fingerprint density at radius 1 is 1.23 bits per heavy atom. The number of benzene rings is 2. The molecule has 136 valence electrons. The molecule has 0 atom stereocenters. The van der Waals surface area contributed by atoms with Crippen molar-refractivity contribution in [2.75, 3.05) is 18.2 Å². The Hall–Kier alpha value is -2.16. The number of hydrogen-bond donors (Lipinski definition) is 1. The first-order valence-electron chi connectivity index (χ1n) is 7.52. The lowest BCUT2D eigenvalue weighted by atomic mass is 10.2. The smallest absolute Gasteiger partial charge is 0.241 e. The third kappa shape index (κ3) is 3.82. The number of thiazole rings is 1. The number of sulfone groups is 1. The second-order valence-corrected chi connectivity index (χ2v) is 8.95. The number of aryl methyl sites for hydroxylation is 1. The van der Waals surface area contributed by atoms with Gasteiger partial charge in [0.25, 0.3) is 0 Å². The van der Waals surface area contributed by atoms with Crippen LogP contribution in [0.25, 0.3) is 10.2 Å². The second-order valence-electron chi connectivity index (χ2n) is 5.52. The fourth-order valence-corrected chi connectivity index (χ4v) is 4.58. The van der Waals surface area contributed by atoms with Gasteiger partial charge in [0.1, 0.15) is 11.5 Å². The van der Waals surface area contributed by atoms with Crippen LogP contribution in [0.15, 0.2) is 41.3 Å². The zero-order valence-electron chi connectivity index (χ0n) is 13.9. The van der Waals surface area contributed by atoms with Crippen LogP contribution in [-0.4, -0.2) is 32.2 Å². The van der Waals surface area contributed by atoms with Gasteiger partial charge in [-0.2, -0.15) is 0 Å². The van der Waals surface area contributed by atoms with Crippen LogP contribution in [0, 0.1) is 6.92 Å². The number of aromatic nitrogens is 1. The number of amides is 1. The standard InChI is InChI=1S/C17H15ClN2O4S2/c1-10-13(18)7-8-14-16(10)20-17(25-14)19-15(21)9-26(22,23)12-5-3-11(24-2)4-6-12/h3-8H,9H2,1-2H3,(H,19,20,21). The molecule has 0 spiro atoms. The first-order valence-corrected chi connectivity index (χ1v) is 10.4. The predicted molar refractivity (Wildman–Crippen MR) is 103 cm³/mol. The summed E-state index contributed by atoms with van der Waals surface area (Å²) in [5.74, 6) is -0.782. The van der Waals surface area contributed by atoms with E-state index in [9.17, 15) is 13.2 Å². The molecule has 3 rings (SSSR count). The molecule has 0 unspecified atom stereocenters. The molecule has 0 aliphatic carbocycles. The van der Waals surface area contributed by atoms with Gasteiger partial charge in [0, 0.05) is 5.02 Å². The summed E-state index contributed by atoms with van der Waals surface area (Å²) in [4.78, 5) is 16.6. The van der Waals surface area contributed by atoms with E-state index in [2.05, 4.69) is 10.3 Å². The molecule has 3 aromatic rings. The summed E-state index contributed by atoms with van der Waals surface area (Å²) >= 11 is 7.33. The Bertz CT molecular complexity index is 1080. The fourth-order valence-electron chi connectivity index (χ4n) is 2.35. The van der Waals surface area contributed by atoms with Crippen LogP contribution in [0.5, 0.6) is 5.75 Å². The maximum Gasteiger partial charge on any atom is 0.241 e. The van der Waals surface area contributed by atoms with Gasteiger partial charge >= 0.3 is 0 Å². The molecule has 9 heteroatoms. The molecule has 1 heterocycles. The fraction of sp³-hybridized carbons (Fsp3) is 0.176. The van der Waals surface area contributed by atoms with Crippen molar-refractivity contribution < 1.29 is 17.9 Å². The van der Waals surface area contributed by atoms with Crippen molar-refractivity contribution in [3.8, 4) is 5.75 Å². The molecule has 26 heavy (non-hydrogen) atoms. The Morgan fingerprint density at radius 2 is 1.92 bits per heavy atom. The molecule has 1 aromatic heterocycles. The van der Waals surface area contributed by atoms with Gasteiger partial charge in [-0.15, -0.1) is 0 Å². The number of carbonyl (C=O) groups is 1. The quantitative estimate of drug-likeness (QED) is 0.693. The van der Waals surface area contributed by atoms with E-state index in [4.69, 9.17) is 16.3 Å². The predicted octanol–water partition coefficient (Wildman–Crippen LogP) is 3.68. The van der Waals surface area contributed by atoms with Crippen LogP contribution >= 0.6 is 22.9 Å². The van der Waals surface area contributed by atoms with E-state index in [-0.39, 0.29) is 4.90 Å². The number of anilines is 1. The monoisotopic (exact) mass is 410 g/mol. The Kier molecular flexibility index (Phi) is 5.17.